The van der Waals surface area contributed by atoms with Gasteiger partial charge in [0, 0.05) is 12.6 Å². The number of benzene rings is 1. The fourth-order valence-electron chi connectivity index (χ4n) is 2.60. The van der Waals surface area contributed by atoms with E-state index in [2.05, 4.69) is 9.62 Å². The van der Waals surface area contributed by atoms with Crippen LogP contribution in [-0.2, 0) is 10.0 Å². The summed E-state index contributed by atoms with van der Waals surface area (Å²) in [7, 11) is -3.69. The highest BCUT2D eigenvalue weighted by Gasteiger charge is 2.20. The van der Waals surface area contributed by atoms with Gasteiger partial charge in [0.1, 0.15) is 0 Å². The highest BCUT2D eigenvalue weighted by molar-refractivity contribution is 7.89. The van der Waals surface area contributed by atoms with Crippen LogP contribution in [0.3, 0.4) is 0 Å². The van der Waals surface area contributed by atoms with Gasteiger partial charge in [-0.2, -0.15) is 0 Å². The van der Waals surface area contributed by atoms with Crippen molar-refractivity contribution in [2.45, 2.75) is 37.1 Å². The molecule has 1 unspecified atom stereocenters. The highest BCUT2D eigenvalue weighted by atomic mass is 32.2. The molecule has 22 heavy (non-hydrogen) atoms. The Morgan fingerprint density at radius 3 is 2.64 bits per heavy atom. The largest absolute Gasteiger partial charge is 0.478 e. The van der Waals surface area contributed by atoms with Gasteiger partial charge in [0.2, 0.25) is 10.0 Å². The van der Waals surface area contributed by atoms with Crippen molar-refractivity contribution < 1.29 is 18.3 Å². The van der Waals surface area contributed by atoms with Crippen molar-refractivity contribution in [2.24, 2.45) is 0 Å². The first-order valence-corrected chi connectivity index (χ1v) is 8.95. The number of carboxylic acid groups (broad SMARTS) is 1. The molecule has 1 aromatic rings. The van der Waals surface area contributed by atoms with Crippen LogP contribution in [0.1, 0.15) is 36.5 Å². The monoisotopic (exact) mass is 326 g/mol. The molecule has 1 aliphatic heterocycles. The lowest BCUT2D eigenvalue weighted by atomic mass is 10.1. The summed E-state index contributed by atoms with van der Waals surface area (Å²) in [5.74, 6) is -1.14. The molecule has 0 aliphatic carbocycles. The van der Waals surface area contributed by atoms with E-state index in [9.17, 15) is 13.2 Å². The van der Waals surface area contributed by atoms with Gasteiger partial charge in [-0.05, 0) is 51.1 Å². The van der Waals surface area contributed by atoms with E-state index < -0.39 is 16.0 Å². The van der Waals surface area contributed by atoms with Crippen LogP contribution in [-0.4, -0.2) is 50.1 Å². The summed E-state index contributed by atoms with van der Waals surface area (Å²) in [5.41, 5.74) is -0.0352. The molecule has 1 saturated heterocycles. The maximum Gasteiger partial charge on any atom is 0.335 e. The molecule has 0 saturated carbocycles. The molecule has 2 rings (SSSR count). The Kier molecular flexibility index (Phi) is 5.55. The molecule has 0 bridgehead atoms. The second-order valence-corrected chi connectivity index (χ2v) is 7.40. The number of carboxylic acids is 1. The zero-order valence-electron chi connectivity index (χ0n) is 12.7. The average Bonchev–Trinajstić information content (AvgIpc) is 2.53. The zero-order valence-corrected chi connectivity index (χ0v) is 13.5. The third-order valence-corrected chi connectivity index (χ3v) is 5.40. The smallest absolute Gasteiger partial charge is 0.335 e. The molecule has 0 radical (unpaired) electrons. The van der Waals surface area contributed by atoms with E-state index in [-0.39, 0.29) is 16.5 Å². The zero-order chi connectivity index (χ0) is 16.2. The number of nitrogens with one attached hydrogen (secondary N) is 1. The van der Waals surface area contributed by atoms with E-state index in [0.717, 1.165) is 25.9 Å². The molecular weight excluding hydrogens is 304 g/mol. The van der Waals surface area contributed by atoms with E-state index in [4.69, 9.17) is 5.11 Å². The maximum atomic E-state index is 12.3. The summed E-state index contributed by atoms with van der Waals surface area (Å²) in [4.78, 5) is 13.2. The molecule has 1 atom stereocenters. The van der Waals surface area contributed by atoms with E-state index in [1.54, 1.807) is 0 Å². The lowest BCUT2D eigenvalue weighted by Gasteiger charge is -2.32. The standard InChI is InChI=1S/C15H22N2O4S/c1-12(17-8-3-2-4-9-17)11-16-22(20,21)14-7-5-6-13(10-14)15(18)19/h5-7,10,12,16H,2-4,8-9,11H2,1H3,(H,18,19). The first-order valence-electron chi connectivity index (χ1n) is 7.47. The SMILES string of the molecule is CC(CNS(=O)(=O)c1cccc(C(=O)O)c1)N1CCCCC1. The molecule has 1 aromatic carbocycles. The summed E-state index contributed by atoms with van der Waals surface area (Å²) in [6.07, 6.45) is 3.53. The van der Waals surface area contributed by atoms with Gasteiger partial charge in [-0.15, -0.1) is 0 Å². The Labute approximate surface area is 131 Å². The van der Waals surface area contributed by atoms with Crippen LogP contribution in [0, 0.1) is 0 Å². The number of rotatable bonds is 6. The number of sulfonamides is 1. The molecule has 122 valence electrons. The first kappa shape index (κ1) is 16.9. The Morgan fingerprint density at radius 1 is 1.32 bits per heavy atom. The molecule has 1 heterocycles. The predicted molar refractivity (Wildman–Crippen MR) is 83.5 cm³/mol. The second-order valence-electron chi connectivity index (χ2n) is 5.63. The third-order valence-electron chi connectivity index (χ3n) is 3.97. The third kappa shape index (κ3) is 4.28. The lowest BCUT2D eigenvalue weighted by Crippen LogP contribution is -2.44. The molecule has 0 spiro atoms. The summed E-state index contributed by atoms with van der Waals surface area (Å²) in [6, 6.07) is 5.51. The van der Waals surface area contributed by atoms with Gasteiger partial charge in [0.05, 0.1) is 10.5 Å². The molecule has 0 aromatic heterocycles. The number of hydrogen-bond donors (Lipinski definition) is 2. The van der Waals surface area contributed by atoms with Crippen molar-refractivity contribution in [1.29, 1.82) is 0 Å². The molecule has 6 nitrogen and oxygen atoms in total. The first-order chi connectivity index (χ1) is 10.4. The van der Waals surface area contributed by atoms with Gasteiger partial charge in [-0.3, -0.25) is 4.90 Å². The Balaban J connectivity index is 2.01. The summed E-state index contributed by atoms with van der Waals surface area (Å²) >= 11 is 0. The summed E-state index contributed by atoms with van der Waals surface area (Å²) in [6.45, 7) is 4.32. The minimum Gasteiger partial charge on any atom is -0.478 e. The van der Waals surface area contributed by atoms with Gasteiger partial charge >= 0.3 is 5.97 Å². The molecule has 0 amide bonds. The van der Waals surface area contributed by atoms with Crippen LogP contribution >= 0.6 is 0 Å². The molecule has 1 aliphatic rings. The molecule has 1 fully saturated rings. The minimum atomic E-state index is -3.69. The van der Waals surface area contributed by atoms with Gasteiger partial charge in [-0.25, -0.2) is 17.9 Å². The normalized spacial score (nSPS) is 18.0. The topological polar surface area (TPSA) is 86.7 Å². The van der Waals surface area contributed by atoms with Crippen molar-refractivity contribution in [1.82, 2.24) is 9.62 Å². The molecular formula is C15H22N2O4S. The Bertz CT molecular complexity index is 624. The van der Waals surface area contributed by atoms with Gasteiger partial charge in [0.25, 0.3) is 0 Å². The van der Waals surface area contributed by atoms with E-state index in [1.807, 2.05) is 6.92 Å². The fourth-order valence-corrected chi connectivity index (χ4v) is 3.77. The maximum absolute atomic E-state index is 12.3. The van der Waals surface area contributed by atoms with Gasteiger partial charge in [-0.1, -0.05) is 12.5 Å². The number of hydrogen-bond acceptors (Lipinski definition) is 4. The van der Waals surface area contributed by atoms with Crippen molar-refractivity contribution in [2.75, 3.05) is 19.6 Å². The number of likely N-dealkylation sites (tertiary alicyclic amines) is 1. The molecule has 2 N–H and O–H groups in total. The van der Waals surface area contributed by atoms with Crippen molar-refractivity contribution in [3.05, 3.63) is 29.8 Å². The Morgan fingerprint density at radius 2 is 2.00 bits per heavy atom. The Hall–Kier alpha value is -1.44. The van der Waals surface area contributed by atoms with E-state index >= 15 is 0 Å². The predicted octanol–water partition coefficient (Wildman–Crippen LogP) is 1.54. The highest BCUT2D eigenvalue weighted by Crippen LogP contribution is 2.14. The number of aromatic carboxylic acids is 1. The minimum absolute atomic E-state index is 0.0155. The second kappa shape index (κ2) is 7.21. The quantitative estimate of drug-likeness (QED) is 0.828. The molecule has 7 heteroatoms. The number of nitrogens with zero attached hydrogens (tertiary/aromatic N) is 1. The number of piperidine rings is 1. The van der Waals surface area contributed by atoms with Crippen LogP contribution in [0.15, 0.2) is 29.2 Å². The van der Waals surface area contributed by atoms with Crippen LogP contribution < -0.4 is 4.72 Å². The van der Waals surface area contributed by atoms with Crippen molar-refractivity contribution in [3.8, 4) is 0 Å². The summed E-state index contributed by atoms with van der Waals surface area (Å²) in [5, 5.41) is 8.94. The van der Waals surface area contributed by atoms with Crippen LogP contribution in [0.5, 0.6) is 0 Å². The van der Waals surface area contributed by atoms with Crippen LogP contribution in [0.2, 0.25) is 0 Å². The average molecular weight is 326 g/mol. The summed E-state index contributed by atoms with van der Waals surface area (Å²) < 4.78 is 27.1. The lowest BCUT2D eigenvalue weighted by molar-refractivity contribution is 0.0696. The van der Waals surface area contributed by atoms with Crippen LogP contribution in [0.25, 0.3) is 0 Å². The van der Waals surface area contributed by atoms with Crippen molar-refractivity contribution in [3.63, 3.8) is 0 Å². The number of carbonyl (C=O) groups is 1. The van der Waals surface area contributed by atoms with Gasteiger partial charge < -0.3 is 5.11 Å². The van der Waals surface area contributed by atoms with E-state index in [1.165, 1.54) is 30.7 Å². The van der Waals surface area contributed by atoms with Gasteiger partial charge in [0.15, 0.2) is 0 Å². The van der Waals surface area contributed by atoms with Crippen LogP contribution in [0.4, 0.5) is 0 Å². The fraction of sp³-hybridized carbons (Fsp3) is 0.533. The van der Waals surface area contributed by atoms with Crippen molar-refractivity contribution >= 4 is 16.0 Å². The van der Waals surface area contributed by atoms with E-state index in [0.29, 0.717) is 6.54 Å².